The number of hydrogen-bond donors (Lipinski definition) is 0. The van der Waals surface area contributed by atoms with Crippen LogP contribution in [0.1, 0.15) is 44.1 Å². The van der Waals surface area contributed by atoms with Gasteiger partial charge in [-0.3, -0.25) is 0 Å². The van der Waals surface area contributed by atoms with Gasteiger partial charge < -0.3 is 0 Å². The minimum absolute atomic E-state index is 0.128. The van der Waals surface area contributed by atoms with E-state index in [0.29, 0.717) is 11.6 Å². The molecule has 0 amide bonds. The molecule has 1 aromatic carbocycles. The molecule has 5 heteroatoms. The van der Waals surface area contributed by atoms with E-state index in [1.165, 1.54) is 37.4 Å². The number of nitrogens with zero attached hydrogens (tertiary/aromatic N) is 3. The second-order valence-electron chi connectivity index (χ2n) is 6.15. The van der Waals surface area contributed by atoms with Crippen molar-refractivity contribution in [2.45, 2.75) is 38.5 Å². The topological polar surface area (TPSA) is 38.1 Å². The van der Waals surface area contributed by atoms with Gasteiger partial charge in [-0.25, -0.2) is 9.97 Å². The van der Waals surface area contributed by atoms with Crippen molar-refractivity contribution in [3.63, 3.8) is 0 Å². The highest BCUT2D eigenvalue weighted by atomic mass is 32.1. The third kappa shape index (κ3) is 3.69. The number of halogens is 1. The summed E-state index contributed by atoms with van der Waals surface area (Å²) < 4.78 is 13.8. The van der Waals surface area contributed by atoms with Crippen LogP contribution in [0.4, 0.5) is 10.2 Å². The van der Waals surface area contributed by atoms with Crippen LogP contribution in [-0.4, -0.2) is 15.1 Å². The van der Waals surface area contributed by atoms with E-state index >= 15 is 0 Å². The van der Waals surface area contributed by atoms with Crippen molar-refractivity contribution in [2.24, 2.45) is 10.9 Å². The van der Waals surface area contributed by atoms with E-state index < -0.39 is 5.95 Å². The Balaban J connectivity index is 1.79. The van der Waals surface area contributed by atoms with Crippen molar-refractivity contribution in [3.8, 4) is 11.3 Å². The van der Waals surface area contributed by atoms with E-state index in [9.17, 15) is 4.39 Å². The molecule has 0 N–H and O–H groups in total. The lowest BCUT2D eigenvalue weighted by molar-refractivity contribution is 0.348. The molecule has 2 aromatic rings. The van der Waals surface area contributed by atoms with Crippen molar-refractivity contribution in [2.75, 3.05) is 0 Å². The fourth-order valence-corrected chi connectivity index (χ4v) is 3.22. The highest BCUT2D eigenvalue weighted by Gasteiger charge is 2.19. The molecular formula is C18H18FN3S. The molecule has 0 radical (unpaired) electrons. The van der Waals surface area contributed by atoms with Crippen molar-refractivity contribution in [3.05, 3.63) is 42.0 Å². The zero-order chi connectivity index (χ0) is 16.2. The molecule has 1 aromatic heterocycles. The van der Waals surface area contributed by atoms with Crippen LogP contribution in [0.15, 0.2) is 35.5 Å². The fraction of sp³-hybridized carbons (Fsp3) is 0.389. The predicted molar refractivity (Wildman–Crippen MR) is 92.5 cm³/mol. The van der Waals surface area contributed by atoms with E-state index in [-0.39, 0.29) is 5.82 Å². The van der Waals surface area contributed by atoms with Crippen LogP contribution in [0.3, 0.4) is 0 Å². The van der Waals surface area contributed by atoms with Crippen LogP contribution in [0, 0.1) is 11.9 Å². The second-order valence-corrected chi connectivity index (χ2v) is 6.33. The number of rotatable bonds is 3. The van der Waals surface area contributed by atoms with E-state index in [1.807, 2.05) is 12.1 Å². The Labute approximate surface area is 140 Å². The van der Waals surface area contributed by atoms with E-state index in [1.54, 1.807) is 0 Å². The van der Waals surface area contributed by atoms with Crippen LogP contribution >= 0.6 is 12.2 Å². The van der Waals surface area contributed by atoms with Gasteiger partial charge in [0.25, 0.3) is 5.95 Å². The Kier molecular flexibility index (Phi) is 4.89. The maximum absolute atomic E-state index is 13.8. The lowest BCUT2D eigenvalue weighted by Crippen LogP contribution is -2.10. The minimum atomic E-state index is -0.731. The molecule has 1 aliphatic carbocycles. The summed E-state index contributed by atoms with van der Waals surface area (Å²) in [7, 11) is 0. The first-order valence-corrected chi connectivity index (χ1v) is 8.29. The van der Waals surface area contributed by atoms with Gasteiger partial charge in [0.15, 0.2) is 0 Å². The quantitative estimate of drug-likeness (QED) is 0.566. The highest BCUT2D eigenvalue weighted by Crippen LogP contribution is 2.36. The van der Waals surface area contributed by atoms with Gasteiger partial charge >= 0.3 is 0 Å². The lowest BCUT2D eigenvalue weighted by Gasteiger charge is -2.26. The van der Waals surface area contributed by atoms with E-state index in [4.69, 9.17) is 0 Å². The average molecular weight is 327 g/mol. The molecular weight excluding hydrogens is 309 g/mol. The zero-order valence-electron chi connectivity index (χ0n) is 13.0. The molecule has 3 rings (SSSR count). The first-order chi connectivity index (χ1) is 11.2. The van der Waals surface area contributed by atoms with Gasteiger partial charge in [0, 0.05) is 5.56 Å². The molecule has 0 aliphatic heterocycles. The SMILES string of the molecule is CC1CCC(c2ccc(-c3cnc(N=C=S)c(F)n3)cc2)CC1. The van der Waals surface area contributed by atoms with Crippen molar-refractivity contribution in [1.82, 2.24) is 9.97 Å². The standard InChI is InChI=1S/C18H18FN3S/c1-12-2-4-13(5-3-12)14-6-8-15(9-7-14)16-10-20-18(21-11-23)17(19)22-16/h6-10,12-13H,2-5H2,1H3. The van der Waals surface area contributed by atoms with Crippen molar-refractivity contribution in [1.29, 1.82) is 0 Å². The lowest BCUT2D eigenvalue weighted by atomic mass is 9.79. The summed E-state index contributed by atoms with van der Waals surface area (Å²) in [5, 5.41) is 2.10. The summed E-state index contributed by atoms with van der Waals surface area (Å²) in [6.45, 7) is 2.32. The van der Waals surface area contributed by atoms with Gasteiger partial charge in [-0.05, 0) is 42.5 Å². The second kappa shape index (κ2) is 7.07. The van der Waals surface area contributed by atoms with Crippen LogP contribution < -0.4 is 0 Å². The van der Waals surface area contributed by atoms with Gasteiger partial charge in [-0.1, -0.05) is 44.0 Å². The minimum Gasteiger partial charge on any atom is -0.230 e. The normalized spacial score (nSPS) is 20.8. The molecule has 0 bridgehead atoms. The third-order valence-corrected chi connectivity index (χ3v) is 4.65. The third-order valence-electron chi connectivity index (χ3n) is 4.56. The molecule has 1 fully saturated rings. The molecule has 0 spiro atoms. The molecule has 23 heavy (non-hydrogen) atoms. The average Bonchev–Trinajstić information content (AvgIpc) is 2.58. The van der Waals surface area contributed by atoms with Gasteiger partial charge in [0.05, 0.1) is 17.1 Å². The summed E-state index contributed by atoms with van der Waals surface area (Å²) in [5.41, 5.74) is 2.70. The maximum atomic E-state index is 13.8. The Morgan fingerprint density at radius 3 is 2.48 bits per heavy atom. The first kappa shape index (κ1) is 15.9. The number of isothiocyanates is 1. The number of thiocarbonyl (C=S) groups is 1. The summed E-state index contributed by atoms with van der Waals surface area (Å²) in [5.74, 6) is 0.626. The van der Waals surface area contributed by atoms with Crippen LogP contribution in [0.2, 0.25) is 0 Å². The number of aliphatic imine (C=N–C) groups is 1. The largest absolute Gasteiger partial charge is 0.259 e. The van der Waals surface area contributed by atoms with Gasteiger partial charge in [-0.15, -0.1) is 0 Å². The Bertz CT molecular complexity index is 730. The Morgan fingerprint density at radius 2 is 1.87 bits per heavy atom. The predicted octanol–water partition coefficient (Wildman–Crippen LogP) is 5.31. The highest BCUT2D eigenvalue weighted by molar-refractivity contribution is 7.78. The van der Waals surface area contributed by atoms with Gasteiger partial charge in [0.1, 0.15) is 0 Å². The molecule has 0 saturated heterocycles. The molecule has 0 atom stereocenters. The van der Waals surface area contributed by atoms with E-state index in [2.05, 4.69) is 51.4 Å². The molecule has 118 valence electrons. The maximum Gasteiger partial charge on any atom is 0.259 e. The summed E-state index contributed by atoms with van der Waals surface area (Å²) in [4.78, 5) is 11.4. The zero-order valence-corrected chi connectivity index (χ0v) is 13.8. The summed E-state index contributed by atoms with van der Waals surface area (Å²) in [6.07, 6.45) is 6.60. The number of hydrogen-bond acceptors (Lipinski definition) is 4. The molecule has 0 unspecified atom stereocenters. The molecule has 3 nitrogen and oxygen atoms in total. The van der Waals surface area contributed by atoms with Crippen LogP contribution in [0.5, 0.6) is 0 Å². The Morgan fingerprint density at radius 1 is 1.17 bits per heavy atom. The van der Waals surface area contributed by atoms with Crippen LogP contribution in [-0.2, 0) is 0 Å². The van der Waals surface area contributed by atoms with Crippen molar-refractivity contribution < 1.29 is 4.39 Å². The summed E-state index contributed by atoms with van der Waals surface area (Å²) >= 11 is 4.45. The van der Waals surface area contributed by atoms with Crippen LogP contribution in [0.25, 0.3) is 11.3 Å². The van der Waals surface area contributed by atoms with Crippen molar-refractivity contribution >= 4 is 23.2 Å². The smallest absolute Gasteiger partial charge is 0.230 e. The monoisotopic (exact) mass is 327 g/mol. The van der Waals surface area contributed by atoms with Gasteiger partial charge in [0.2, 0.25) is 5.82 Å². The molecule has 1 saturated carbocycles. The van der Waals surface area contributed by atoms with E-state index in [0.717, 1.165) is 11.5 Å². The Hall–Kier alpha value is -1.97. The fourth-order valence-electron chi connectivity index (χ4n) is 3.14. The van der Waals surface area contributed by atoms with Gasteiger partial charge in [-0.2, -0.15) is 9.38 Å². The number of benzene rings is 1. The number of aromatic nitrogens is 2. The first-order valence-electron chi connectivity index (χ1n) is 7.88. The summed E-state index contributed by atoms with van der Waals surface area (Å²) in [6, 6.07) is 8.22. The molecule has 1 heterocycles. The molecule has 1 aliphatic rings.